The number of oxime groups is 1. The fourth-order valence-corrected chi connectivity index (χ4v) is 1.72. The summed E-state index contributed by atoms with van der Waals surface area (Å²) >= 11 is 0. The van der Waals surface area contributed by atoms with E-state index in [1.54, 1.807) is 0 Å². The Balaban J connectivity index is 3.30. The highest BCUT2D eigenvalue weighted by Crippen LogP contribution is 2.10. The van der Waals surface area contributed by atoms with Crippen molar-refractivity contribution in [1.29, 1.82) is 0 Å². The minimum Gasteiger partial charge on any atom is -0.411 e. The summed E-state index contributed by atoms with van der Waals surface area (Å²) in [5.41, 5.74) is 0.311. The summed E-state index contributed by atoms with van der Waals surface area (Å²) < 4.78 is 0. The van der Waals surface area contributed by atoms with Crippen LogP contribution in [-0.2, 0) is 4.79 Å². The summed E-state index contributed by atoms with van der Waals surface area (Å²) in [5.74, 6) is -0.120. The maximum Gasteiger partial charge on any atom is 0.177 e. The van der Waals surface area contributed by atoms with E-state index in [0.29, 0.717) is 12.1 Å². The van der Waals surface area contributed by atoms with Gasteiger partial charge in [0, 0.05) is 6.92 Å². The maximum absolute atomic E-state index is 10.9. The van der Waals surface area contributed by atoms with Crippen LogP contribution in [0.3, 0.4) is 0 Å². The molecule has 0 unspecified atom stereocenters. The third-order valence-corrected chi connectivity index (χ3v) is 2.79. The molecule has 0 amide bonds. The Morgan fingerprint density at radius 2 is 1.50 bits per heavy atom. The van der Waals surface area contributed by atoms with Crippen LogP contribution >= 0.6 is 0 Å². The second-order valence-corrected chi connectivity index (χ2v) is 4.33. The van der Waals surface area contributed by atoms with Gasteiger partial charge in [-0.1, -0.05) is 57.0 Å². The van der Waals surface area contributed by atoms with E-state index in [4.69, 9.17) is 5.21 Å². The molecule has 0 aromatic rings. The van der Waals surface area contributed by atoms with Crippen LogP contribution in [0.4, 0.5) is 0 Å². The predicted molar refractivity (Wildman–Crippen MR) is 67.1 cm³/mol. The number of nitrogens with zero attached hydrogens (tertiary/aromatic N) is 1. The van der Waals surface area contributed by atoms with Gasteiger partial charge in [0.15, 0.2) is 5.78 Å². The first-order chi connectivity index (χ1) is 7.72. The molecule has 1 N–H and O–H groups in total. The van der Waals surface area contributed by atoms with E-state index in [1.807, 2.05) is 0 Å². The molecule has 16 heavy (non-hydrogen) atoms. The molecule has 0 aliphatic carbocycles. The van der Waals surface area contributed by atoms with Crippen LogP contribution < -0.4 is 0 Å². The SMILES string of the molecule is CCCCCCCCCCC(=NO)C(C)=O. The van der Waals surface area contributed by atoms with Crippen molar-refractivity contribution in [1.82, 2.24) is 0 Å². The maximum atomic E-state index is 10.9. The number of carbonyl (C=O) groups is 1. The van der Waals surface area contributed by atoms with E-state index in [9.17, 15) is 4.79 Å². The van der Waals surface area contributed by atoms with Gasteiger partial charge in [-0.25, -0.2) is 0 Å². The Labute approximate surface area is 98.9 Å². The van der Waals surface area contributed by atoms with Crippen molar-refractivity contribution in [2.45, 2.75) is 71.6 Å². The van der Waals surface area contributed by atoms with E-state index in [2.05, 4.69) is 12.1 Å². The third kappa shape index (κ3) is 8.45. The number of hydrogen-bond acceptors (Lipinski definition) is 3. The van der Waals surface area contributed by atoms with Crippen LogP contribution in [0.25, 0.3) is 0 Å². The van der Waals surface area contributed by atoms with Gasteiger partial charge in [-0.15, -0.1) is 0 Å². The second kappa shape index (κ2) is 10.7. The minimum atomic E-state index is -0.120. The van der Waals surface area contributed by atoms with Crippen molar-refractivity contribution in [2.24, 2.45) is 5.16 Å². The Hall–Kier alpha value is -0.860. The number of unbranched alkanes of at least 4 members (excludes halogenated alkanes) is 7. The number of hydrogen-bond donors (Lipinski definition) is 1. The summed E-state index contributed by atoms with van der Waals surface area (Å²) in [6, 6.07) is 0. The van der Waals surface area contributed by atoms with E-state index in [-0.39, 0.29) is 5.78 Å². The molecule has 0 atom stereocenters. The fourth-order valence-electron chi connectivity index (χ4n) is 1.72. The highest BCUT2D eigenvalue weighted by molar-refractivity contribution is 6.38. The largest absolute Gasteiger partial charge is 0.411 e. The summed E-state index contributed by atoms with van der Waals surface area (Å²) in [4.78, 5) is 10.9. The van der Waals surface area contributed by atoms with E-state index >= 15 is 0 Å². The zero-order chi connectivity index (χ0) is 12.2. The molecular formula is C13H25NO2. The van der Waals surface area contributed by atoms with Crippen molar-refractivity contribution in [3.05, 3.63) is 0 Å². The first-order valence-corrected chi connectivity index (χ1v) is 6.44. The van der Waals surface area contributed by atoms with Crippen molar-refractivity contribution < 1.29 is 10.0 Å². The van der Waals surface area contributed by atoms with Gasteiger partial charge in [-0.3, -0.25) is 4.79 Å². The van der Waals surface area contributed by atoms with Crippen LogP contribution in [-0.4, -0.2) is 16.7 Å². The first-order valence-electron chi connectivity index (χ1n) is 6.44. The Morgan fingerprint density at radius 3 is 1.94 bits per heavy atom. The Morgan fingerprint density at radius 1 is 1.00 bits per heavy atom. The second-order valence-electron chi connectivity index (χ2n) is 4.33. The number of Topliss-reactive ketones (excluding diaryl/α,β-unsaturated/α-hetero) is 1. The average molecular weight is 227 g/mol. The quantitative estimate of drug-likeness (QED) is 0.266. The van der Waals surface area contributed by atoms with Crippen molar-refractivity contribution in [2.75, 3.05) is 0 Å². The molecule has 94 valence electrons. The van der Waals surface area contributed by atoms with E-state index < -0.39 is 0 Å². The lowest BCUT2D eigenvalue weighted by Crippen LogP contribution is -2.09. The molecule has 0 aliphatic rings. The van der Waals surface area contributed by atoms with E-state index in [0.717, 1.165) is 12.8 Å². The molecule has 0 spiro atoms. The molecular weight excluding hydrogens is 202 g/mol. The number of rotatable bonds is 10. The Kier molecular flexibility index (Phi) is 10.1. The zero-order valence-electron chi connectivity index (χ0n) is 10.7. The number of ketones is 1. The third-order valence-electron chi connectivity index (χ3n) is 2.79. The lowest BCUT2D eigenvalue weighted by atomic mass is 10.0. The van der Waals surface area contributed by atoms with Gasteiger partial charge < -0.3 is 5.21 Å². The number of carbonyl (C=O) groups excluding carboxylic acids is 1. The van der Waals surface area contributed by atoms with Gasteiger partial charge in [0.25, 0.3) is 0 Å². The zero-order valence-corrected chi connectivity index (χ0v) is 10.7. The van der Waals surface area contributed by atoms with Gasteiger partial charge in [0.2, 0.25) is 0 Å². The lowest BCUT2D eigenvalue weighted by Gasteiger charge is -2.01. The minimum absolute atomic E-state index is 0.120. The smallest absolute Gasteiger partial charge is 0.177 e. The molecule has 3 heteroatoms. The topological polar surface area (TPSA) is 49.7 Å². The van der Waals surface area contributed by atoms with Crippen molar-refractivity contribution >= 4 is 11.5 Å². The molecule has 0 aromatic carbocycles. The lowest BCUT2D eigenvalue weighted by molar-refractivity contribution is -0.111. The van der Waals surface area contributed by atoms with Crippen molar-refractivity contribution in [3.8, 4) is 0 Å². The highest BCUT2D eigenvalue weighted by atomic mass is 16.4. The van der Waals surface area contributed by atoms with Gasteiger partial charge in [0.1, 0.15) is 5.71 Å². The molecule has 3 nitrogen and oxygen atoms in total. The molecule has 0 bridgehead atoms. The van der Waals surface area contributed by atoms with Crippen LogP contribution in [0.5, 0.6) is 0 Å². The molecule has 0 saturated heterocycles. The summed E-state index contributed by atoms with van der Waals surface area (Å²) in [7, 11) is 0. The standard InChI is InChI=1S/C13H25NO2/c1-3-4-5-6-7-8-9-10-11-13(14-16)12(2)15/h16H,3-11H2,1-2H3. The molecule has 0 aromatic heterocycles. The normalized spacial score (nSPS) is 11.8. The summed E-state index contributed by atoms with van der Waals surface area (Å²) in [6.45, 7) is 3.66. The first kappa shape index (κ1) is 15.1. The van der Waals surface area contributed by atoms with Gasteiger partial charge in [-0.2, -0.15) is 0 Å². The van der Waals surface area contributed by atoms with Gasteiger partial charge in [0.05, 0.1) is 0 Å². The molecule has 0 saturated carbocycles. The molecule has 0 heterocycles. The monoisotopic (exact) mass is 227 g/mol. The fraction of sp³-hybridized carbons (Fsp3) is 0.846. The summed E-state index contributed by atoms with van der Waals surface area (Å²) in [6.07, 6.45) is 10.5. The van der Waals surface area contributed by atoms with Crippen LogP contribution in [0, 0.1) is 0 Å². The molecule has 0 aliphatic heterocycles. The molecule has 0 rings (SSSR count). The van der Waals surface area contributed by atoms with Crippen molar-refractivity contribution in [3.63, 3.8) is 0 Å². The van der Waals surface area contributed by atoms with E-state index in [1.165, 1.54) is 45.4 Å². The predicted octanol–water partition coefficient (Wildman–Crippen LogP) is 3.94. The van der Waals surface area contributed by atoms with Crippen LogP contribution in [0.1, 0.15) is 71.6 Å². The van der Waals surface area contributed by atoms with Crippen LogP contribution in [0.2, 0.25) is 0 Å². The average Bonchev–Trinajstić information content (AvgIpc) is 2.26. The van der Waals surface area contributed by atoms with Crippen LogP contribution in [0.15, 0.2) is 5.16 Å². The molecule has 0 radical (unpaired) electrons. The van der Waals surface area contributed by atoms with Gasteiger partial charge >= 0.3 is 0 Å². The molecule has 0 fully saturated rings. The van der Waals surface area contributed by atoms with Gasteiger partial charge in [-0.05, 0) is 12.8 Å². The highest BCUT2D eigenvalue weighted by Gasteiger charge is 2.05. The Bertz CT molecular complexity index is 212. The summed E-state index contributed by atoms with van der Waals surface area (Å²) in [5, 5.41) is 11.6.